The molecule has 0 amide bonds. The second kappa shape index (κ2) is 5.00. The molecule has 0 aromatic heterocycles. The molecule has 2 nitrogen and oxygen atoms in total. The number of aliphatic hydroxyl groups is 1. The molecule has 0 saturated heterocycles. The van der Waals surface area contributed by atoms with Gasteiger partial charge in [-0.1, -0.05) is 18.2 Å². The minimum Gasteiger partial charge on any atom is -0.381 e. The summed E-state index contributed by atoms with van der Waals surface area (Å²) in [5.41, 5.74) is 3.99. The van der Waals surface area contributed by atoms with Crippen molar-refractivity contribution < 1.29 is 5.11 Å². The zero-order valence-corrected chi connectivity index (χ0v) is 8.30. The lowest BCUT2D eigenvalue weighted by Gasteiger charge is -2.05. The maximum Gasteiger partial charge on any atom is 0.0931 e. The molecule has 0 atom stereocenters. The maximum absolute atomic E-state index is 8.53. The summed E-state index contributed by atoms with van der Waals surface area (Å²) in [7, 11) is 0. The van der Waals surface area contributed by atoms with Crippen molar-refractivity contribution >= 4 is 0 Å². The van der Waals surface area contributed by atoms with Crippen molar-refractivity contribution in [3.05, 3.63) is 34.9 Å². The number of hydrogen-bond acceptors (Lipinski definition) is 2. The van der Waals surface area contributed by atoms with Crippen LogP contribution in [0, 0.1) is 13.8 Å². The number of benzene rings is 1. The van der Waals surface area contributed by atoms with Gasteiger partial charge in [-0.05, 0) is 37.0 Å². The number of rotatable bonds is 4. The third-order valence-electron chi connectivity index (χ3n) is 2.27. The Morgan fingerprint density at radius 2 is 2.00 bits per heavy atom. The van der Waals surface area contributed by atoms with Crippen LogP contribution in [0.5, 0.6) is 0 Å². The molecule has 0 bridgehead atoms. The van der Waals surface area contributed by atoms with Gasteiger partial charge in [0.1, 0.15) is 0 Å². The molecule has 1 aromatic carbocycles. The first kappa shape index (κ1) is 10.2. The maximum atomic E-state index is 8.53. The molecule has 72 valence electrons. The first-order valence-corrected chi connectivity index (χ1v) is 4.61. The van der Waals surface area contributed by atoms with E-state index in [1.807, 2.05) is 0 Å². The van der Waals surface area contributed by atoms with Gasteiger partial charge >= 0.3 is 0 Å². The predicted octanol–water partition coefficient (Wildman–Crippen LogP) is 1.39. The summed E-state index contributed by atoms with van der Waals surface area (Å²) in [6.45, 7) is 5.13. The summed E-state index contributed by atoms with van der Waals surface area (Å²) in [5, 5.41) is 11.4. The lowest BCUT2D eigenvalue weighted by Crippen LogP contribution is -2.17. The Hall–Kier alpha value is -0.860. The summed E-state index contributed by atoms with van der Waals surface area (Å²) < 4.78 is 0. The van der Waals surface area contributed by atoms with Crippen molar-refractivity contribution in [2.45, 2.75) is 20.3 Å². The smallest absolute Gasteiger partial charge is 0.0931 e. The minimum atomic E-state index is 0.0604. The van der Waals surface area contributed by atoms with E-state index in [1.165, 1.54) is 16.7 Å². The molecule has 2 heteroatoms. The minimum absolute atomic E-state index is 0.0604. The Balaban J connectivity index is 2.53. The molecule has 0 spiro atoms. The third kappa shape index (κ3) is 3.17. The van der Waals surface area contributed by atoms with Gasteiger partial charge in [-0.15, -0.1) is 0 Å². The molecule has 0 heterocycles. The molecule has 0 unspecified atom stereocenters. The van der Waals surface area contributed by atoms with Crippen molar-refractivity contribution in [1.29, 1.82) is 0 Å². The molecule has 0 radical (unpaired) electrons. The van der Waals surface area contributed by atoms with Crippen LogP contribution in [0.1, 0.15) is 16.7 Å². The zero-order chi connectivity index (χ0) is 9.68. The van der Waals surface area contributed by atoms with Crippen LogP contribution in [0.2, 0.25) is 0 Å². The van der Waals surface area contributed by atoms with Gasteiger partial charge in [-0.3, -0.25) is 5.32 Å². The third-order valence-corrected chi connectivity index (χ3v) is 2.27. The molecule has 13 heavy (non-hydrogen) atoms. The second-order valence-electron chi connectivity index (χ2n) is 3.33. The summed E-state index contributed by atoms with van der Waals surface area (Å²) in [4.78, 5) is 0. The van der Waals surface area contributed by atoms with E-state index in [4.69, 9.17) is 5.11 Å². The number of aryl methyl sites for hydroxylation is 2. The Morgan fingerprint density at radius 1 is 1.23 bits per heavy atom. The fraction of sp³-hybridized carbons (Fsp3) is 0.455. The van der Waals surface area contributed by atoms with Crippen LogP contribution in [-0.2, 0) is 6.42 Å². The number of hydrogen-bond donors (Lipinski definition) is 2. The summed E-state index contributed by atoms with van der Waals surface area (Å²) >= 11 is 0. The van der Waals surface area contributed by atoms with E-state index in [9.17, 15) is 0 Å². The number of nitrogens with one attached hydrogen (secondary N) is 1. The standard InChI is InChI=1S/C11H17NO/c1-9-3-4-11(7-10(9)2)5-6-12-8-13/h3-4,7,12-13H,5-6,8H2,1-2H3. The fourth-order valence-electron chi connectivity index (χ4n) is 1.27. The van der Waals surface area contributed by atoms with Gasteiger partial charge in [-0.25, -0.2) is 0 Å². The Labute approximate surface area is 79.6 Å². The molecular formula is C11H17NO. The van der Waals surface area contributed by atoms with E-state index >= 15 is 0 Å². The van der Waals surface area contributed by atoms with E-state index in [0.29, 0.717) is 0 Å². The quantitative estimate of drug-likeness (QED) is 0.540. The van der Waals surface area contributed by atoms with Crippen LogP contribution in [-0.4, -0.2) is 18.4 Å². The molecule has 0 aliphatic carbocycles. The summed E-state index contributed by atoms with van der Waals surface area (Å²) in [6.07, 6.45) is 0.974. The van der Waals surface area contributed by atoms with Crippen molar-refractivity contribution in [1.82, 2.24) is 5.32 Å². The summed E-state index contributed by atoms with van der Waals surface area (Å²) in [6, 6.07) is 6.49. The summed E-state index contributed by atoms with van der Waals surface area (Å²) in [5.74, 6) is 0. The van der Waals surface area contributed by atoms with Gasteiger partial charge in [0.25, 0.3) is 0 Å². The van der Waals surface area contributed by atoms with Crippen molar-refractivity contribution in [2.24, 2.45) is 0 Å². The van der Waals surface area contributed by atoms with Gasteiger partial charge in [-0.2, -0.15) is 0 Å². The number of aliphatic hydroxyl groups excluding tert-OH is 1. The van der Waals surface area contributed by atoms with Crippen LogP contribution in [0.3, 0.4) is 0 Å². The van der Waals surface area contributed by atoms with Crippen LogP contribution < -0.4 is 5.32 Å². The lowest BCUT2D eigenvalue weighted by atomic mass is 10.0. The molecule has 0 saturated carbocycles. The monoisotopic (exact) mass is 179 g/mol. The van der Waals surface area contributed by atoms with Gasteiger partial charge in [0, 0.05) is 6.54 Å². The highest BCUT2D eigenvalue weighted by molar-refractivity contribution is 5.29. The van der Waals surface area contributed by atoms with Gasteiger partial charge in [0.05, 0.1) is 6.73 Å². The Kier molecular flexibility index (Phi) is 3.93. The normalized spacial score (nSPS) is 10.4. The van der Waals surface area contributed by atoms with E-state index in [2.05, 4.69) is 37.4 Å². The molecule has 1 aromatic rings. The van der Waals surface area contributed by atoms with Crippen LogP contribution >= 0.6 is 0 Å². The predicted molar refractivity (Wildman–Crippen MR) is 54.7 cm³/mol. The molecule has 2 N–H and O–H groups in total. The van der Waals surface area contributed by atoms with E-state index in [0.717, 1.165) is 13.0 Å². The highest BCUT2D eigenvalue weighted by atomic mass is 16.3. The first-order chi connectivity index (χ1) is 6.24. The molecule has 0 fully saturated rings. The SMILES string of the molecule is Cc1ccc(CCNCO)cc1C. The largest absolute Gasteiger partial charge is 0.381 e. The average Bonchev–Trinajstić information content (AvgIpc) is 2.12. The van der Waals surface area contributed by atoms with Crippen LogP contribution in [0.25, 0.3) is 0 Å². The second-order valence-corrected chi connectivity index (χ2v) is 3.33. The molecule has 0 aliphatic rings. The fourth-order valence-corrected chi connectivity index (χ4v) is 1.27. The highest BCUT2D eigenvalue weighted by Crippen LogP contribution is 2.09. The Bertz CT molecular complexity index is 271. The van der Waals surface area contributed by atoms with Crippen molar-refractivity contribution in [3.63, 3.8) is 0 Å². The molecular weight excluding hydrogens is 162 g/mol. The van der Waals surface area contributed by atoms with E-state index in [1.54, 1.807) is 0 Å². The average molecular weight is 179 g/mol. The molecule has 1 rings (SSSR count). The lowest BCUT2D eigenvalue weighted by molar-refractivity contribution is 0.262. The van der Waals surface area contributed by atoms with E-state index in [-0.39, 0.29) is 6.73 Å². The Morgan fingerprint density at radius 3 is 2.62 bits per heavy atom. The zero-order valence-electron chi connectivity index (χ0n) is 8.30. The van der Waals surface area contributed by atoms with Gasteiger partial charge < -0.3 is 5.11 Å². The van der Waals surface area contributed by atoms with Crippen LogP contribution in [0.15, 0.2) is 18.2 Å². The van der Waals surface area contributed by atoms with Crippen LogP contribution in [0.4, 0.5) is 0 Å². The van der Waals surface area contributed by atoms with Crippen molar-refractivity contribution in [2.75, 3.05) is 13.3 Å². The van der Waals surface area contributed by atoms with Gasteiger partial charge in [0.15, 0.2) is 0 Å². The molecule has 0 aliphatic heterocycles. The van der Waals surface area contributed by atoms with Crippen molar-refractivity contribution in [3.8, 4) is 0 Å². The highest BCUT2D eigenvalue weighted by Gasteiger charge is 1.95. The van der Waals surface area contributed by atoms with E-state index < -0.39 is 0 Å². The van der Waals surface area contributed by atoms with Gasteiger partial charge in [0.2, 0.25) is 0 Å². The first-order valence-electron chi connectivity index (χ1n) is 4.61. The topological polar surface area (TPSA) is 32.3 Å².